The number of hydrogen-bond donors (Lipinski definition) is 3. The lowest BCUT2D eigenvalue weighted by Crippen LogP contribution is -2.49. The minimum atomic E-state index is -1.56. The lowest BCUT2D eigenvalue weighted by atomic mass is 9.91. The summed E-state index contributed by atoms with van der Waals surface area (Å²) in [4.78, 5) is 54.1. The van der Waals surface area contributed by atoms with Gasteiger partial charge >= 0.3 is 5.97 Å². The number of aromatic nitrogens is 1. The number of halogens is 4. The Morgan fingerprint density at radius 3 is 2.15 bits per heavy atom. The molecule has 0 aliphatic rings. The van der Waals surface area contributed by atoms with Crippen LogP contribution in [0.3, 0.4) is 0 Å². The van der Waals surface area contributed by atoms with Crippen LogP contribution in [-0.4, -0.2) is 59.0 Å². The summed E-state index contributed by atoms with van der Waals surface area (Å²) >= 11 is 6.36. The van der Waals surface area contributed by atoms with Gasteiger partial charge < -0.3 is 25.2 Å². The van der Waals surface area contributed by atoms with Crippen LogP contribution in [0.15, 0.2) is 35.1 Å². The smallest absolute Gasteiger partial charge is 0.305 e. The molecule has 13 heteroatoms. The monoisotopic (exact) mass is 676 g/mol. The van der Waals surface area contributed by atoms with Crippen molar-refractivity contribution in [1.82, 2.24) is 20.1 Å². The first kappa shape index (κ1) is 37.3. The third-order valence-electron chi connectivity index (χ3n) is 7.75. The first-order chi connectivity index (χ1) is 21.9. The molecule has 3 aromatic rings. The van der Waals surface area contributed by atoms with E-state index in [-0.39, 0.29) is 35.0 Å². The molecule has 9 nitrogen and oxygen atoms in total. The first-order valence-corrected chi connectivity index (χ1v) is 15.4. The Bertz CT molecular complexity index is 1720. The van der Waals surface area contributed by atoms with Crippen LogP contribution in [0, 0.1) is 44.1 Å². The van der Waals surface area contributed by atoms with Crippen molar-refractivity contribution >= 4 is 29.4 Å². The van der Waals surface area contributed by atoms with Crippen molar-refractivity contribution in [3.05, 3.63) is 91.1 Å². The number of benzene rings is 2. The molecule has 2 aromatic carbocycles. The van der Waals surface area contributed by atoms with Gasteiger partial charge in [0.15, 0.2) is 11.6 Å². The van der Waals surface area contributed by atoms with Gasteiger partial charge in [0, 0.05) is 24.3 Å². The van der Waals surface area contributed by atoms with Crippen LogP contribution in [0.5, 0.6) is 0 Å². The lowest BCUT2D eigenvalue weighted by Gasteiger charge is -2.25. The number of aryl methyl sites for hydroxylation is 2. The van der Waals surface area contributed by atoms with Crippen molar-refractivity contribution in [2.75, 3.05) is 20.6 Å². The van der Waals surface area contributed by atoms with Gasteiger partial charge in [-0.05, 0) is 99.8 Å². The van der Waals surface area contributed by atoms with E-state index in [1.165, 1.54) is 28.8 Å². The summed E-state index contributed by atoms with van der Waals surface area (Å²) in [6.45, 7) is 9.15. The van der Waals surface area contributed by atoms with E-state index in [0.29, 0.717) is 28.9 Å². The number of carbonyl (C=O) groups excluding carboxylic acids is 2. The van der Waals surface area contributed by atoms with E-state index in [2.05, 4.69) is 10.6 Å². The Kier molecular flexibility index (Phi) is 12.4. The van der Waals surface area contributed by atoms with Crippen LogP contribution >= 0.6 is 11.6 Å². The van der Waals surface area contributed by atoms with Gasteiger partial charge in [0.25, 0.3) is 11.5 Å². The molecule has 2 amide bonds. The molecule has 254 valence electrons. The molecule has 2 atom stereocenters. The number of carboxylic acid groups (broad SMARTS) is 1. The number of carboxylic acids is 1. The molecule has 0 radical (unpaired) electrons. The number of nitrogens with zero attached hydrogens (tertiary/aromatic N) is 2. The maximum Gasteiger partial charge on any atom is 0.305 e. The van der Waals surface area contributed by atoms with E-state index in [9.17, 15) is 28.7 Å². The third kappa shape index (κ3) is 9.23. The van der Waals surface area contributed by atoms with Gasteiger partial charge in [-0.3, -0.25) is 19.2 Å². The summed E-state index contributed by atoms with van der Waals surface area (Å²) in [5.41, 5.74) is 0.573. The van der Waals surface area contributed by atoms with E-state index in [1.54, 1.807) is 34.6 Å². The molecular formula is C34H40ClF3N4O5. The standard InChI is InChI=1S/C34H40ClF3N4O5/c1-17(2)10-28(40-32(45)24-15-25(35)20(5)42(34(24)47)9-8-41(6)7)33(46)39-27(16-29(43)44)23-13-21(14-26(37)31(23)38)30-18(3)11-22(36)12-19(30)4/h11-15,17,27-28H,8-10,16H2,1-7H3,(H,39,46)(H,40,45)(H,43,44)/t27-,28-/m0/s1. The summed E-state index contributed by atoms with van der Waals surface area (Å²) in [7, 11) is 3.65. The normalized spacial score (nSPS) is 12.7. The number of likely N-dealkylation sites (N-methyl/N-ethyl adjacent to an activating group) is 1. The van der Waals surface area contributed by atoms with Crippen LogP contribution in [0.4, 0.5) is 13.2 Å². The second kappa shape index (κ2) is 15.6. The van der Waals surface area contributed by atoms with Crippen LogP contribution in [-0.2, 0) is 16.1 Å². The molecular weight excluding hydrogens is 637 g/mol. The average Bonchev–Trinajstić information content (AvgIpc) is 2.94. The minimum Gasteiger partial charge on any atom is -0.481 e. The van der Waals surface area contributed by atoms with E-state index < -0.39 is 64.9 Å². The van der Waals surface area contributed by atoms with Crippen molar-refractivity contribution in [1.29, 1.82) is 0 Å². The molecule has 0 fully saturated rings. The summed E-state index contributed by atoms with van der Waals surface area (Å²) in [6.07, 6.45) is -0.754. The van der Waals surface area contributed by atoms with E-state index in [1.807, 2.05) is 19.0 Å². The third-order valence-corrected chi connectivity index (χ3v) is 8.14. The Labute approximate surface area is 276 Å². The number of carbonyl (C=O) groups is 3. The van der Waals surface area contributed by atoms with Gasteiger partial charge in [-0.2, -0.15) is 0 Å². The quantitative estimate of drug-likeness (QED) is 0.218. The van der Waals surface area contributed by atoms with Gasteiger partial charge in [-0.25, -0.2) is 13.2 Å². The summed E-state index contributed by atoms with van der Waals surface area (Å²) in [5.74, 6) is -6.50. The molecule has 0 aliphatic heterocycles. The number of aliphatic carboxylic acids is 1. The summed E-state index contributed by atoms with van der Waals surface area (Å²) in [5, 5.41) is 14.9. The fourth-order valence-corrected chi connectivity index (χ4v) is 5.66. The first-order valence-electron chi connectivity index (χ1n) is 15.0. The van der Waals surface area contributed by atoms with Crippen LogP contribution in [0.2, 0.25) is 5.02 Å². The number of hydrogen-bond acceptors (Lipinski definition) is 5. The van der Waals surface area contributed by atoms with Crippen molar-refractivity contribution in [3.63, 3.8) is 0 Å². The van der Waals surface area contributed by atoms with Crippen molar-refractivity contribution in [2.24, 2.45) is 5.92 Å². The second-order valence-electron chi connectivity index (χ2n) is 12.3. The number of rotatable bonds is 13. The topological polar surface area (TPSA) is 121 Å². The van der Waals surface area contributed by atoms with E-state index in [4.69, 9.17) is 11.6 Å². The molecule has 0 aliphatic carbocycles. The van der Waals surface area contributed by atoms with E-state index in [0.717, 1.165) is 6.07 Å². The minimum absolute atomic E-state index is 0.0661. The Morgan fingerprint density at radius 2 is 1.60 bits per heavy atom. The largest absolute Gasteiger partial charge is 0.481 e. The van der Waals surface area contributed by atoms with Crippen LogP contribution < -0.4 is 16.2 Å². The fourth-order valence-electron chi connectivity index (χ4n) is 5.45. The van der Waals surface area contributed by atoms with E-state index >= 15 is 8.78 Å². The molecule has 1 aromatic heterocycles. The summed E-state index contributed by atoms with van der Waals surface area (Å²) in [6, 6.07) is 2.99. The second-order valence-corrected chi connectivity index (χ2v) is 12.7. The van der Waals surface area contributed by atoms with Gasteiger partial charge in [-0.1, -0.05) is 25.4 Å². The molecule has 1 heterocycles. The van der Waals surface area contributed by atoms with Crippen LogP contribution in [0.1, 0.15) is 65.5 Å². The highest BCUT2D eigenvalue weighted by Crippen LogP contribution is 2.33. The predicted octanol–water partition coefficient (Wildman–Crippen LogP) is 5.55. The molecule has 0 saturated carbocycles. The van der Waals surface area contributed by atoms with Crippen molar-refractivity contribution in [3.8, 4) is 11.1 Å². The van der Waals surface area contributed by atoms with Crippen LogP contribution in [0.25, 0.3) is 11.1 Å². The lowest BCUT2D eigenvalue weighted by molar-refractivity contribution is -0.137. The fraction of sp³-hybridized carbons (Fsp3) is 0.412. The van der Waals surface area contributed by atoms with Gasteiger partial charge in [0.05, 0.1) is 17.5 Å². The Morgan fingerprint density at radius 1 is 0.979 bits per heavy atom. The number of pyridine rings is 1. The average molecular weight is 677 g/mol. The maximum atomic E-state index is 15.3. The molecule has 0 unspecified atom stereocenters. The zero-order valence-corrected chi connectivity index (χ0v) is 28.2. The van der Waals surface area contributed by atoms with Gasteiger partial charge in [0.1, 0.15) is 17.4 Å². The highest BCUT2D eigenvalue weighted by molar-refractivity contribution is 6.31. The predicted molar refractivity (Wildman–Crippen MR) is 174 cm³/mol. The summed E-state index contributed by atoms with van der Waals surface area (Å²) < 4.78 is 45.7. The molecule has 3 rings (SSSR count). The highest BCUT2D eigenvalue weighted by Gasteiger charge is 2.30. The molecule has 0 saturated heterocycles. The van der Waals surface area contributed by atoms with Gasteiger partial charge in [0.2, 0.25) is 5.91 Å². The van der Waals surface area contributed by atoms with Crippen molar-refractivity contribution in [2.45, 2.75) is 66.1 Å². The molecule has 0 bridgehead atoms. The van der Waals surface area contributed by atoms with Gasteiger partial charge in [-0.15, -0.1) is 0 Å². The number of nitrogens with one attached hydrogen (secondary N) is 2. The Balaban J connectivity index is 2.01. The molecule has 47 heavy (non-hydrogen) atoms. The maximum absolute atomic E-state index is 15.3. The zero-order valence-electron chi connectivity index (χ0n) is 27.4. The number of amides is 2. The zero-order chi connectivity index (χ0) is 35.3. The SMILES string of the molecule is Cc1cc(F)cc(C)c1-c1cc(F)c(F)c([C@H](CC(=O)O)NC(=O)[C@H](CC(C)C)NC(=O)c2cc(Cl)c(C)n(CCN(C)C)c2=O)c1. The van der Waals surface area contributed by atoms with Crippen molar-refractivity contribution < 1.29 is 32.7 Å². The molecule has 3 N–H and O–H groups in total. The highest BCUT2D eigenvalue weighted by atomic mass is 35.5. The Hall–Kier alpha value is -4.16. The molecule has 0 spiro atoms.